The highest BCUT2D eigenvalue weighted by atomic mass is 19.1. The Morgan fingerprint density at radius 2 is 1.77 bits per heavy atom. The van der Waals surface area contributed by atoms with Crippen molar-refractivity contribution in [2.45, 2.75) is 33.4 Å². The van der Waals surface area contributed by atoms with Gasteiger partial charge in [-0.15, -0.1) is 0 Å². The number of halogens is 1. The minimum atomic E-state index is -0.316. The number of benzene rings is 2. The van der Waals surface area contributed by atoms with Crippen LogP contribution in [-0.2, 0) is 17.9 Å². The molecular weight excluding hydrogens is 395 g/mol. The Labute approximate surface area is 179 Å². The molecule has 0 unspecified atom stereocenters. The van der Waals surface area contributed by atoms with Gasteiger partial charge in [0, 0.05) is 30.9 Å². The fraction of sp³-hybridized carbons (Fsp3) is 0.208. The lowest BCUT2D eigenvalue weighted by molar-refractivity contribution is -0.121. The molecule has 0 spiro atoms. The van der Waals surface area contributed by atoms with Crippen LogP contribution in [0.25, 0.3) is 16.7 Å². The van der Waals surface area contributed by atoms with Crippen LogP contribution in [0.1, 0.15) is 23.2 Å². The zero-order valence-corrected chi connectivity index (χ0v) is 17.4. The molecular formula is C24H23FN4O2. The van der Waals surface area contributed by atoms with Crippen molar-refractivity contribution in [2.75, 3.05) is 0 Å². The zero-order chi connectivity index (χ0) is 22.0. The van der Waals surface area contributed by atoms with E-state index in [9.17, 15) is 14.0 Å². The van der Waals surface area contributed by atoms with Gasteiger partial charge in [-0.05, 0) is 49.2 Å². The average Bonchev–Trinajstić information content (AvgIpc) is 3.04. The number of aryl methyl sites for hydroxylation is 2. The molecule has 6 nitrogen and oxygen atoms in total. The standard InChI is InChI=1S/C24H23FN4O2/c1-16-17(2)29(20-6-4-3-5-7-20)23-22(16)24(31)28(15-27-23)13-12-21(30)26-14-18-8-10-19(25)11-9-18/h3-11,15H,12-14H2,1-2H3,(H,26,30). The number of hydrogen-bond acceptors (Lipinski definition) is 3. The predicted molar refractivity (Wildman–Crippen MR) is 118 cm³/mol. The Hall–Kier alpha value is -3.74. The molecule has 0 aliphatic rings. The smallest absolute Gasteiger partial charge is 0.263 e. The number of fused-ring (bicyclic) bond motifs is 1. The Kier molecular flexibility index (Phi) is 5.66. The lowest BCUT2D eigenvalue weighted by Gasteiger charge is -2.09. The third-order valence-corrected chi connectivity index (χ3v) is 5.48. The molecule has 7 heteroatoms. The summed E-state index contributed by atoms with van der Waals surface area (Å²) in [6, 6.07) is 15.8. The van der Waals surface area contributed by atoms with Crippen LogP contribution in [0.3, 0.4) is 0 Å². The first-order valence-corrected chi connectivity index (χ1v) is 10.1. The number of carbonyl (C=O) groups is 1. The molecule has 4 rings (SSSR count). The summed E-state index contributed by atoms with van der Waals surface area (Å²) in [6.45, 7) is 4.42. The number of hydrogen-bond donors (Lipinski definition) is 1. The molecule has 0 aliphatic heterocycles. The van der Waals surface area contributed by atoms with Gasteiger partial charge in [0.05, 0.1) is 11.7 Å². The molecule has 0 saturated carbocycles. The summed E-state index contributed by atoms with van der Waals surface area (Å²) >= 11 is 0. The first-order valence-electron chi connectivity index (χ1n) is 10.1. The highest BCUT2D eigenvalue weighted by Gasteiger charge is 2.18. The van der Waals surface area contributed by atoms with E-state index in [1.165, 1.54) is 23.0 Å². The van der Waals surface area contributed by atoms with Crippen molar-refractivity contribution in [3.63, 3.8) is 0 Å². The van der Waals surface area contributed by atoms with Gasteiger partial charge < -0.3 is 5.32 Å². The van der Waals surface area contributed by atoms with E-state index >= 15 is 0 Å². The van der Waals surface area contributed by atoms with Gasteiger partial charge >= 0.3 is 0 Å². The van der Waals surface area contributed by atoms with Crippen LogP contribution in [-0.4, -0.2) is 20.0 Å². The maximum absolute atomic E-state index is 13.1. The van der Waals surface area contributed by atoms with Crippen LogP contribution in [0.5, 0.6) is 0 Å². The highest BCUT2D eigenvalue weighted by molar-refractivity contribution is 5.83. The quantitative estimate of drug-likeness (QED) is 0.520. The molecule has 4 aromatic rings. The molecule has 158 valence electrons. The van der Waals surface area contributed by atoms with Gasteiger partial charge in [0.25, 0.3) is 5.56 Å². The van der Waals surface area contributed by atoms with Crippen LogP contribution in [0.2, 0.25) is 0 Å². The molecule has 2 aromatic heterocycles. The fourth-order valence-corrected chi connectivity index (χ4v) is 3.65. The van der Waals surface area contributed by atoms with Gasteiger partial charge in [-0.3, -0.25) is 18.7 Å². The predicted octanol–water partition coefficient (Wildman–Crippen LogP) is 3.65. The summed E-state index contributed by atoms with van der Waals surface area (Å²) in [5.41, 5.74) is 4.05. The zero-order valence-electron chi connectivity index (χ0n) is 17.4. The van der Waals surface area contributed by atoms with E-state index < -0.39 is 0 Å². The molecule has 1 amide bonds. The van der Waals surface area contributed by atoms with E-state index in [0.29, 0.717) is 17.6 Å². The van der Waals surface area contributed by atoms with Gasteiger partial charge in [0.15, 0.2) is 5.65 Å². The van der Waals surface area contributed by atoms with Crippen molar-refractivity contribution in [3.05, 3.63) is 93.9 Å². The minimum absolute atomic E-state index is 0.145. The van der Waals surface area contributed by atoms with Crippen molar-refractivity contribution < 1.29 is 9.18 Å². The van der Waals surface area contributed by atoms with Crippen molar-refractivity contribution in [2.24, 2.45) is 0 Å². The molecule has 0 fully saturated rings. The maximum Gasteiger partial charge on any atom is 0.263 e. The summed E-state index contributed by atoms with van der Waals surface area (Å²) in [6.07, 6.45) is 1.64. The van der Waals surface area contributed by atoms with Crippen LogP contribution in [0, 0.1) is 19.7 Å². The SMILES string of the molecule is Cc1c(C)n(-c2ccccc2)c2ncn(CCC(=O)NCc3ccc(F)cc3)c(=O)c12. The molecule has 2 heterocycles. The summed E-state index contributed by atoms with van der Waals surface area (Å²) in [4.78, 5) is 29.9. The van der Waals surface area contributed by atoms with Crippen LogP contribution < -0.4 is 10.9 Å². The van der Waals surface area contributed by atoms with E-state index in [0.717, 1.165) is 22.5 Å². The van der Waals surface area contributed by atoms with E-state index in [2.05, 4.69) is 10.3 Å². The van der Waals surface area contributed by atoms with Gasteiger partial charge in [-0.25, -0.2) is 9.37 Å². The number of nitrogens with one attached hydrogen (secondary N) is 1. The molecule has 0 saturated heterocycles. The first-order chi connectivity index (χ1) is 15.0. The number of aromatic nitrogens is 3. The summed E-state index contributed by atoms with van der Waals surface area (Å²) in [7, 11) is 0. The van der Waals surface area contributed by atoms with E-state index in [-0.39, 0.29) is 30.2 Å². The normalized spacial score (nSPS) is 11.1. The largest absolute Gasteiger partial charge is 0.352 e. The molecule has 0 aliphatic carbocycles. The van der Waals surface area contributed by atoms with Crippen molar-refractivity contribution in [1.29, 1.82) is 0 Å². The van der Waals surface area contributed by atoms with Gasteiger partial charge in [0.2, 0.25) is 5.91 Å². The third kappa shape index (κ3) is 4.12. The molecule has 1 N–H and O–H groups in total. The van der Waals surface area contributed by atoms with E-state index in [1.54, 1.807) is 12.1 Å². The second kappa shape index (κ2) is 8.55. The van der Waals surface area contributed by atoms with Crippen molar-refractivity contribution in [3.8, 4) is 5.69 Å². The summed E-state index contributed by atoms with van der Waals surface area (Å²) in [5, 5.41) is 3.36. The number of carbonyl (C=O) groups excluding carboxylic acids is 1. The lowest BCUT2D eigenvalue weighted by atomic mass is 10.2. The second-order valence-corrected chi connectivity index (χ2v) is 7.48. The number of rotatable bonds is 6. The number of nitrogens with zero attached hydrogens (tertiary/aromatic N) is 3. The molecule has 0 bridgehead atoms. The van der Waals surface area contributed by atoms with Crippen molar-refractivity contribution >= 4 is 16.9 Å². The summed E-state index contributed by atoms with van der Waals surface area (Å²) in [5.74, 6) is -0.505. The van der Waals surface area contributed by atoms with Crippen LogP contribution in [0.15, 0.2) is 65.7 Å². The Balaban J connectivity index is 1.52. The van der Waals surface area contributed by atoms with E-state index in [4.69, 9.17) is 0 Å². The maximum atomic E-state index is 13.1. The fourth-order valence-electron chi connectivity index (χ4n) is 3.65. The van der Waals surface area contributed by atoms with Crippen molar-refractivity contribution in [1.82, 2.24) is 19.4 Å². The highest BCUT2D eigenvalue weighted by Crippen LogP contribution is 2.24. The first kappa shape index (κ1) is 20.5. The molecule has 0 radical (unpaired) electrons. The summed E-state index contributed by atoms with van der Waals surface area (Å²) < 4.78 is 16.4. The Morgan fingerprint density at radius 1 is 1.06 bits per heavy atom. The van der Waals surface area contributed by atoms with E-state index in [1.807, 2.05) is 48.7 Å². The minimum Gasteiger partial charge on any atom is -0.352 e. The Bertz CT molecular complexity index is 1290. The van der Waals surface area contributed by atoms with Gasteiger partial charge in [0.1, 0.15) is 5.82 Å². The third-order valence-electron chi connectivity index (χ3n) is 5.48. The molecule has 2 aromatic carbocycles. The topological polar surface area (TPSA) is 68.9 Å². The second-order valence-electron chi connectivity index (χ2n) is 7.48. The molecule has 31 heavy (non-hydrogen) atoms. The van der Waals surface area contributed by atoms with Crippen LogP contribution >= 0.6 is 0 Å². The monoisotopic (exact) mass is 418 g/mol. The van der Waals surface area contributed by atoms with Gasteiger partial charge in [-0.2, -0.15) is 0 Å². The lowest BCUT2D eigenvalue weighted by Crippen LogP contribution is -2.27. The average molecular weight is 418 g/mol. The van der Waals surface area contributed by atoms with Crippen LogP contribution in [0.4, 0.5) is 4.39 Å². The number of para-hydroxylation sites is 1. The number of amides is 1. The van der Waals surface area contributed by atoms with Gasteiger partial charge in [-0.1, -0.05) is 30.3 Å². The Morgan fingerprint density at radius 3 is 2.48 bits per heavy atom. The molecule has 0 atom stereocenters.